The van der Waals surface area contributed by atoms with E-state index in [0.29, 0.717) is 23.6 Å². The largest absolute Gasteiger partial charge is 0.427 e. The summed E-state index contributed by atoms with van der Waals surface area (Å²) in [5.41, 5.74) is 1.22. The SMILES string of the molecule is CCCCCCCC(=O)Oc1ccc(-c2ncc(C#N)cn2)cc1. The van der Waals surface area contributed by atoms with Crippen molar-refractivity contribution in [2.75, 3.05) is 0 Å². The summed E-state index contributed by atoms with van der Waals surface area (Å²) in [5, 5.41) is 8.74. The number of rotatable bonds is 8. The topological polar surface area (TPSA) is 75.9 Å². The molecule has 0 spiro atoms. The fourth-order valence-electron chi connectivity index (χ4n) is 2.26. The summed E-state index contributed by atoms with van der Waals surface area (Å²) in [6, 6.07) is 9.03. The predicted molar refractivity (Wildman–Crippen MR) is 91.2 cm³/mol. The quantitative estimate of drug-likeness (QED) is 0.412. The molecule has 0 bridgehead atoms. The van der Waals surface area contributed by atoms with E-state index in [4.69, 9.17) is 10.00 Å². The normalized spacial score (nSPS) is 10.2. The zero-order valence-corrected chi connectivity index (χ0v) is 13.9. The summed E-state index contributed by atoms with van der Waals surface area (Å²) >= 11 is 0. The number of aromatic nitrogens is 2. The Kier molecular flexibility index (Phi) is 6.91. The number of hydrogen-bond donors (Lipinski definition) is 0. The van der Waals surface area contributed by atoms with Crippen LogP contribution in [0.4, 0.5) is 0 Å². The summed E-state index contributed by atoms with van der Waals surface area (Å²) in [4.78, 5) is 20.1. The first-order valence-corrected chi connectivity index (χ1v) is 8.26. The fourth-order valence-corrected chi connectivity index (χ4v) is 2.26. The van der Waals surface area contributed by atoms with E-state index in [1.54, 1.807) is 24.3 Å². The molecule has 0 fully saturated rings. The first-order valence-electron chi connectivity index (χ1n) is 8.26. The molecule has 0 N–H and O–H groups in total. The Morgan fingerprint density at radius 2 is 1.75 bits per heavy atom. The van der Waals surface area contributed by atoms with Crippen molar-refractivity contribution in [2.24, 2.45) is 0 Å². The highest BCUT2D eigenvalue weighted by Gasteiger charge is 2.06. The zero-order valence-electron chi connectivity index (χ0n) is 13.9. The molecule has 2 rings (SSSR count). The second-order valence-electron chi connectivity index (χ2n) is 5.57. The second kappa shape index (κ2) is 9.41. The van der Waals surface area contributed by atoms with Crippen molar-refractivity contribution in [3.63, 3.8) is 0 Å². The van der Waals surface area contributed by atoms with Gasteiger partial charge in [0.25, 0.3) is 0 Å². The van der Waals surface area contributed by atoms with Gasteiger partial charge in [0.05, 0.1) is 5.56 Å². The van der Waals surface area contributed by atoms with Crippen molar-refractivity contribution < 1.29 is 9.53 Å². The van der Waals surface area contributed by atoms with Crippen LogP contribution in [-0.4, -0.2) is 15.9 Å². The Morgan fingerprint density at radius 3 is 2.38 bits per heavy atom. The lowest BCUT2D eigenvalue weighted by atomic mass is 10.1. The van der Waals surface area contributed by atoms with E-state index >= 15 is 0 Å². The summed E-state index contributed by atoms with van der Waals surface area (Å²) in [6.07, 6.45) is 8.93. The third-order valence-corrected chi connectivity index (χ3v) is 3.61. The van der Waals surface area contributed by atoms with Crippen molar-refractivity contribution in [3.8, 4) is 23.2 Å². The molecule has 0 aliphatic carbocycles. The van der Waals surface area contributed by atoms with Crippen LogP contribution in [-0.2, 0) is 4.79 Å². The molecule has 0 unspecified atom stereocenters. The standard InChI is InChI=1S/C19H21N3O2/c1-2-3-4-5-6-7-18(23)24-17-10-8-16(9-11-17)19-21-13-15(12-20)14-22-19/h8-11,13-14H,2-7H2,1H3. The van der Waals surface area contributed by atoms with Crippen molar-refractivity contribution in [1.82, 2.24) is 9.97 Å². The number of esters is 1. The van der Waals surface area contributed by atoms with Gasteiger partial charge in [-0.25, -0.2) is 9.97 Å². The number of hydrogen-bond acceptors (Lipinski definition) is 5. The number of benzene rings is 1. The van der Waals surface area contributed by atoms with E-state index in [2.05, 4.69) is 16.9 Å². The van der Waals surface area contributed by atoms with Crippen LogP contribution in [0.5, 0.6) is 5.75 Å². The fraction of sp³-hybridized carbons (Fsp3) is 0.368. The molecule has 124 valence electrons. The molecule has 1 aromatic carbocycles. The molecule has 5 nitrogen and oxygen atoms in total. The minimum Gasteiger partial charge on any atom is -0.427 e. The number of carbonyl (C=O) groups is 1. The van der Waals surface area contributed by atoms with Crippen LogP contribution in [0.25, 0.3) is 11.4 Å². The molecular weight excluding hydrogens is 302 g/mol. The summed E-state index contributed by atoms with van der Waals surface area (Å²) in [6.45, 7) is 2.17. The molecule has 0 aliphatic rings. The predicted octanol–water partition coefficient (Wildman–Crippen LogP) is 4.28. The zero-order chi connectivity index (χ0) is 17.2. The van der Waals surface area contributed by atoms with Crippen molar-refractivity contribution in [1.29, 1.82) is 5.26 Å². The van der Waals surface area contributed by atoms with Gasteiger partial charge in [-0.3, -0.25) is 4.79 Å². The van der Waals surface area contributed by atoms with Gasteiger partial charge in [0.15, 0.2) is 5.82 Å². The average Bonchev–Trinajstić information content (AvgIpc) is 2.62. The molecular formula is C19H21N3O2. The third kappa shape index (κ3) is 5.47. The number of nitrogens with zero attached hydrogens (tertiary/aromatic N) is 3. The highest BCUT2D eigenvalue weighted by molar-refractivity contribution is 5.72. The maximum atomic E-state index is 11.8. The van der Waals surface area contributed by atoms with Gasteiger partial charge in [-0.15, -0.1) is 0 Å². The molecule has 0 saturated heterocycles. The first kappa shape index (κ1) is 17.6. The van der Waals surface area contributed by atoms with Crippen LogP contribution in [0.15, 0.2) is 36.7 Å². The van der Waals surface area contributed by atoms with Crippen LogP contribution in [0.2, 0.25) is 0 Å². The number of nitriles is 1. The van der Waals surface area contributed by atoms with Crippen LogP contribution in [0, 0.1) is 11.3 Å². The lowest BCUT2D eigenvalue weighted by molar-refractivity contribution is -0.134. The molecule has 24 heavy (non-hydrogen) atoms. The Morgan fingerprint density at radius 1 is 1.08 bits per heavy atom. The second-order valence-corrected chi connectivity index (χ2v) is 5.57. The summed E-state index contributed by atoms with van der Waals surface area (Å²) in [5.74, 6) is 0.850. The molecule has 5 heteroatoms. The van der Waals surface area contributed by atoms with E-state index in [0.717, 1.165) is 18.4 Å². The molecule has 2 aromatic rings. The van der Waals surface area contributed by atoms with Crippen molar-refractivity contribution >= 4 is 5.97 Å². The van der Waals surface area contributed by atoms with E-state index < -0.39 is 0 Å². The minimum atomic E-state index is -0.200. The monoisotopic (exact) mass is 323 g/mol. The minimum absolute atomic E-state index is 0.200. The molecule has 0 radical (unpaired) electrons. The number of carbonyl (C=O) groups excluding carboxylic acids is 1. The van der Waals surface area contributed by atoms with E-state index in [1.165, 1.54) is 31.7 Å². The Hall–Kier alpha value is -2.74. The van der Waals surface area contributed by atoms with E-state index in [9.17, 15) is 4.79 Å². The van der Waals surface area contributed by atoms with Crippen LogP contribution in [0.1, 0.15) is 51.0 Å². The molecule has 0 atom stereocenters. The van der Waals surface area contributed by atoms with Gasteiger partial charge in [0, 0.05) is 24.4 Å². The number of ether oxygens (including phenoxy) is 1. The van der Waals surface area contributed by atoms with Crippen LogP contribution >= 0.6 is 0 Å². The highest BCUT2D eigenvalue weighted by Crippen LogP contribution is 2.19. The molecule has 0 aliphatic heterocycles. The lowest BCUT2D eigenvalue weighted by Crippen LogP contribution is -2.07. The summed E-state index contributed by atoms with van der Waals surface area (Å²) < 4.78 is 5.33. The van der Waals surface area contributed by atoms with Crippen LogP contribution < -0.4 is 4.74 Å². The Labute approximate surface area is 142 Å². The smallest absolute Gasteiger partial charge is 0.311 e. The Bertz CT molecular complexity index is 688. The number of unbranched alkanes of at least 4 members (excludes halogenated alkanes) is 4. The van der Waals surface area contributed by atoms with Gasteiger partial charge in [-0.2, -0.15) is 5.26 Å². The van der Waals surface area contributed by atoms with Gasteiger partial charge >= 0.3 is 5.97 Å². The molecule has 0 saturated carbocycles. The maximum absolute atomic E-state index is 11.8. The average molecular weight is 323 g/mol. The lowest BCUT2D eigenvalue weighted by Gasteiger charge is -2.05. The molecule has 0 amide bonds. The van der Waals surface area contributed by atoms with Gasteiger partial charge in [0.2, 0.25) is 0 Å². The van der Waals surface area contributed by atoms with Gasteiger partial charge in [-0.1, -0.05) is 32.6 Å². The third-order valence-electron chi connectivity index (χ3n) is 3.61. The van der Waals surface area contributed by atoms with Crippen LogP contribution in [0.3, 0.4) is 0 Å². The summed E-state index contributed by atoms with van der Waals surface area (Å²) in [7, 11) is 0. The van der Waals surface area contributed by atoms with Gasteiger partial charge < -0.3 is 4.74 Å². The molecule has 1 heterocycles. The molecule has 1 aromatic heterocycles. The maximum Gasteiger partial charge on any atom is 0.311 e. The first-order chi connectivity index (χ1) is 11.7. The van der Waals surface area contributed by atoms with E-state index in [-0.39, 0.29) is 5.97 Å². The highest BCUT2D eigenvalue weighted by atomic mass is 16.5. The van der Waals surface area contributed by atoms with E-state index in [1.807, 2.05) is 6.07 Å². The van der Waals surface area contributed by atoms with Crippen molar-refractivity contribution in [2.45, 2.75) is 45.4 Å². The Balaban J connectivity index is 1.85. The van der Waals surface area contributed by atoms with Gasteiger partial charge in [-0.05, 0) is 30.7 Å². The van der Waals surface area contributed by atoms with Gasteiger partial charge in [0.1, 0.15) is 11.8 Å². The van der Waals surface area contributed by atoms with Crippen molar-refractivity contribution in [3.05, 3.63) is 42.2 Å².